The second-order valence-electron chi connectivity index (χ2n) is 7.58. The number of rotatable bonds is 5. The number of nitrogens with one attached hydrogen (secondary N) is 3. The molecule has 0 unspecified atom stereocenters. The van der Waals surface area contributed by atoms with E-state index in [4.69, 9.17) is 0 Å². The standard InChI is InChI=1S/C17H30N4O4/c1-10(14(23)20-17(4,5)6)19-15(24)13-8-7-9-21(13)16(25)11(2)18-12(3)22/h10-11,13H,7-9H2,1-6H3,(H,18,22)(H,19,24)(H,20,23)/t10-,11-,13-/m0/s1. The van der Waals surface area contributed by atoms with Gasteiger partial charge in [0.1, 0.15) is 18.1 Å². The van der Waals surface area contributed by atoms with Gasteiger partial charge in [0.25, 0.3) is 0 Å². The van der Waals surface area contributed by atoms with Crippen LogP contribution in [-0.2, 0) is 19.2 Å². The molecule has 0 spiro atoms. The number of nitrogens with zero attached hydrogens (tertiary/aromatic N) is 1. The molecule has 25 heavy (non-hydrogen) atoms. The van der Waals surface area contributed by atoms with Gasteiger partial charge in [-0.3, -0.25) is 19.2 Å². The smallest absolute Gasteiger partial charge is 0.245 e. The van der Waals surface area contributed by atoms with Crippen LogP contribution in [-0.4, -0.2) is 58.7 Å². The van der Waals surface area contributed by atoms with Crippen molar-refractivity contribution in [1.29, 1.82) is 0 Å². The van der Waals surface area contributed by atoms with Crippen LogP contribution in [0.2, 0.25) is 0 Å². The Bertz CT molecular complexity index is 541. The van der Waals surface area contributed by atoms with Gasteiger partial charge in [0.2, 0.25) is 23.6 Å². The predicted octanol–water partition coefficient (Wildman–Crippen LogP) is -0.0786. The van der Waals surface area contributed by atoms with Gasteiger partial charge in [-0.05, 0) is 47.5 Å². The van der Waals surface area contributed by atoms with Gasteiger partial charge in [0.05, 0.1) is 0 Å². The first kappa shape index (κ1) is 20.9. The Kier molecular flexibility index (Phi) is 6.96. The third kappa shape index (κ3) is 6.36. The summed E-state index contributed by atoms with van der Waals surface area (Å²) in [5, 5.41) is 8.02. The van der Waals surface area contributed by atoms with E-state index in [9.17, 15) is 19.2 Å². The lowest BCUT2D eigenvalue weighted by Crippen LogP contribution is -2.56. The van der Waals surface area contributed by atoms with Gasteiger partial charge in [0.15, 0.2) is 0 Å². The third-order valence-electron chi connectivity index (χ3n) is 3.88. The molecule has 1 aliphatic heterocycles. The summed E-state index contributed by atoms with van der Waals surface area (Å²) in [6.45, 7) is 10.6. The molecule has 1 aliphatic rings. The molecule has 0 bridgehead atoms. The minimum atomic E-state index is -0.697. The normalized spacial score (nSPS) is 19.8. The fourth-order valence-electron chi connectivity index (χ4n) is 2.77. The molecule has 0 saturated carbocycles. The summed E-state index contributed by atoms with van der Waals surface area (Å²) in [6, 6.07) is -2.00. The maximum absolute atomic E-state index is 12.5. The Labute approximate surface area is 149 Å². The van der Waals surface area contributed by atoms with Crippen molar-refractivity contribution >= 4 is 23.6 Å². The van der Waals surface area contributed by atoms with Crippen LogP contribution in [0.4, 0.5) is 0 Å². The van der Waals surface area contributed by atoms with Gasteiger partial charge in [-0.2, -0.15) is 0 Å². The van der Waals surface area contributed by atoms with E-state index < -0.39 is 18.1 Å². The number of likely N-dealkylation sites (tertiary alicyclic amines) is 1. The van der Waals surface area contributed by atoms with Crippen molar-refractivity contribution in [2.45, 2.75) is 78.0 Å². The molecule has 142 valence electrons. The molecule has 8 heteroatoms. The highest BCUT2D eigenvalue weighted by molar-refractivity contribution is 5.94. The van der Waals surface area contributed by atoms with Crippen molar-refractivity contribution < 1.29 is 19.2 Å². The van der Waals surface area contributed by atoms with Crippen LogP contribution in [0, 0.1) is 0 Å². The summed E-state index contributed by atoms with van der Waals surface area (Å²) < 4.78 is 0. The highest BCUT2D eigenvalue weighted by Crippen LogP contribution is 2.18. The number of carbonyl (C=O) groups excluding carboxylic acids is 4. The molecular formula is C17H30N4O4. The van der Waals surface area contributed by atoms with Crippen molar-refractivity contribution in [2.24, 2.45) is 0 Å². The number of amides is 4. The highest BCUT2D eigenvalue weighted by Gasteiger charge is 2.37. The lowest BCUT2D eigenvalue weighted by atomic mass is 10.1. The van der Waals surface area contributed by atoms with E-state index in [1.54, 1.807) is 13.8 Å². The fourth-order valence-corrected chi connectivity index (χ4v) is 2.77. The minimum absolute atomic E-state index is 0.275. The maximum atomic E-state index is 12.5. The SMILES string of the molecule is CC(=O)N[C@@H](C)C(=O)N1CCC[C@H]1C(=O)N[C@@H](C)C(=O)NC(C)(C)C. The number of hydrogen-bond donors (Lipinski definition) is 3. The summed E-state index contributed by atoms with van der Waals surface area (Å²) >= 11 is 0. The summed E-state index contributed by atoms with van der Waals surface area (Å²) in [5.74, 6) is -1.21. The zero-order valence-corrected chi connectivity index (χ0v) is 15.9. The van der Waals surface area contributed by atoms with Gasteiger partial charge >= 0.3 is 0 Å². The number of carbonyl (C=O) groups is 4. The second kappa shape index (κ2) is 8.31. The Morgan fingerprint density at radius 3 is 2.16 bits per heavy atom. The van der Waals surface area contributed by atoms with E-state index in [0.717, 1.165) is 0 Å². The van der Waals surface area contributed by atoms with Crippen LogP contribution >= 0.6 is 0 Å². The van der Waals surface area contributed by atoms with Gasteiger partial charge in [-0.15, -0.1) is 0 Å². The van der Waals surface area contributed by atoms with Gasteiger partial charge in [0, 0.05) is 19.0 Å². The average molecular weight is 354 g/mol. The first-order valence-corrected chi connectivity index (χ1v) is 8.62. The molecule has 1 heterocycles. The Morgan fingerprint density at radius 1 is 1.04 bits per heavy atom. The average Bonchev–Trinajstić information content (AvgIpc) is 2.92. The van der Waals surface area contributed by atoms with E-state index in [0.29, 0.717) is 19.4 Å². The predicted molar refractivity (Wildman–Crippen MR) is 93.5 cm³/mol. The molecule has 0 aromatic heterocycles. The molecule has 0 radical (unpaired) electrons. The van der Waals surface area contributed by atoms with Crippen LogP contribution in [0.1, 0.15) is 54.4 Å². The molecule has 3 N–H and O–H groups in total. The molecular weight excluding hydrogens is 324 g/mol. The fraction of sp³-hybridized carbons (Fsp3) is 0.765. The first-order valence-electron chi connectivity index (χ1n) is 8.62. The van der Waals surface area contributed by atoms with Gasteiger partial charge in [-0.25, -0.2) is 0 Å². The quantitative estimate of drug-likeness (QED) is 0.642. The largest absolute Gasteiger partial charge is 0.350 e. The topological polar surface area (TPSA) is 108 Å². The van der Waals surface area contributed by atoms with Gasteiger partial charge < -0.3 is 20.9 Å². The monoisotopic (exact) mass is 354 g/mol. The Morgan fingerprint density at radius 2 is 1.64 bits per heavy atom. The van der Waals surface area contributed by atoms with Crippen LogP contribution in [0.3, 0.4) is 0 Å². The van der Waals surface area contributed by atoms with E-state index in [2.05, 4.69) is 16.0 Å². The second-order valence-corrected chi connectivity index (χ2v) is 7.58. The molecule has 0 aromatic carbocycles. The lowest BCUT2D eigenvalue weighted by Gasteiger charge is -2.28. The summed E-state index contributed by atoms with van der Waals surface area (Å²) in [7, 11) is 0. The Hall–Kier alpha value is -2.12. The molecule has 3 atom stereocenters. The van der Waals surface area contributed by atoms with Crippen molar-refractivity contribution in [3.8, 4) is 0 Å². The molecule has 4 amide bonds. The van der Waals surface area contributed by atoms with Crippen LogP contribution in [0.5, 0.6) is 0 Å². The van der Waals surface area contributed by atoms with Crippen LogP contribution in [0.15, 0.2) is 0 Å². The molecule has 0 aliphatic carbocycles. The summed E-state index contributed by atoms with van der Waals surface area (Å²) in [4.78, 5) is 49.7. The summed E-state index contributed by atoms with van der Waals surface area (Å²) in [6.07, 6.45) is 1.25. The van der Waals surface area contributed by atoms with Crippen LogP contribution < -0.4 is 16.0 Å². The van der Waals surface area contributed by atoms with Crippen molar-refractivity contribution in [3.63, 3.8) is 0 Å². The molecule has 8 nitrogen and oxygen atoms in total. The maximum Gasteiger partial charge on any atom is 0.245 e. The van der Waals surface area contributed by atoms with E-state index in [1.807, 2.05) is 20.8 Å². The zero-order chi connectivity index (χ0) is 19.4. The van der Waals surface area contributed by atoms with E-state index in [1.165, 1.54) is 11.8 Å². The third-order valence-corrected chi connectivity index (χ3v) is 3.88. The van der Waals surface area contributed by atoms with Crippen molar-refractivity contribution in [2.75, 3.05) is 6.54 Å². The molecule has 1 saturated heterocycles. The van der Waals surface area contributed by atoms with E-state index >= 15 is 0 Å². The molecule has 1 fully saturated rings. The van der Waals surface area contributed by atoms with Gasteiger partial charge in [-0.1, -0.05) is 0 Å². The number of hydrogen-bond acceptors (Lipinski definition) is 4. The summed E-state index contributed by atoms with van der Waals surface area (Å²) in [5.41, 5.74) is -0.390. The first-order chi connectivity index (χ1) is 11.4. The Balaban J connectivity index is 2.69. The highest BCUT2D eigenvalue weighted by atomic mass is 16.2. The van der Waals surface area contributed by atoms with Crippen molar-refractivity contribution in [1.82, 2.24) is 20.9 Å². The van der Waals surface area contributed by atoms with Crippen molar-refractivity contribution in [3.05, 3.63) is 0 Å². The van der Waals surface area contributed by atoms with E-state index in [-0.39, 0.29) is 29.2 Å². The zero-order valence-electron chi connectivity index (χ0n) is 15.9. The van der Waals surface area contributed by atoms with Crippen LogP contribution in [0.25, 0.3) is 0 Å². The molecule has 1 rings (SSSR count). The molecule has 0 aromatic rings. The lowest BCUT2D eigenvalue weighted by molar-refractivity contribution is -0.141. The minimum Gasteiger partial charge on any atom is -0.350 e.